The molecule has 1 aromatic rings. The fraction of sp³-hybridized carbons (Fsp3) is 0.765. The van der Waals surface area contributed by atoms with E-state index in [1.165, 1.54) is 0 Å². The summed E-state index contributed by atoms with van der Waals surface area (Å²) < 4.78 is 11.1. The highest BCUT2D eigenvalue weighted by atomic mass is 16.5. The molecule has 1 aliphatic heterocycles. The molecule has 0 amide bonds. The normalized spacial score (nSPS) is 17.1. The minimum Gasteiger partial charge on any atom is -0.378 e. The smallest absolute Gasteiger partial charge is 0.194 e. The van der Waals surface area contributed by atoms with Crippen molar-refractivity contribution >= 4 is 5.96 Å². The van der Waals surface area contributed by atoms with E-state index in [9.17, 15) is 0 Å². The predicted octanol–water partition coefficient (Wildman–Crippen LogP) is 2.76. The Morgan fingerprint density at radius 3 is 2.74 bits per heavy atom. The van der Waals surface area contributed by atoms with Gasteiger partial charge in [-0.25, -0.2) is 4.99 Å². The summed E-state index contributed by atoms with van der Waals surface area (Å²) in [6, 6.07) is 2.00. The summed E-state index contributed by atoms with van der Waals surface area (Å²) in [4.78, 5) is 7.01. The van der Waals surface area contributed by atoms with E-state index in [-0.39, 0.29) is 0 Å². The molecule has 1 aromatic heterocycles. The molecule has 2 rings (SSSR count). The summed E-state index contributed by atoms with van der Waals surface area (Å²) in [5.74, 6) is 2.14. The second-order valence-electron chi connectivity index (χ2n) is 6.18. The van der Waals surface area contributed by atoms with Gasteiger partial charge in [-0.1, -0.05) is 19.0 Å². The number of piperidine rings is 1. The molecule has 0 unspecified atom stereocenters. The molecule has 23 heavy (non-hydrogen) atoms. The number of hydrogen-bond donors (Lipinski definition) is 1. The van der Waals surface area contributed by atoms with Gasteiger partial charge < -0.3 is 19.5 Å². The van der Waals surface area contributed by atoms with Crippen molar-refractivity contribution in [3.8, 4) is 0 Å². The predicted molar refractivity (Wildman–Crippen MR) is 91.6 cm³/mol. The third-order valence-corrected chi connectivity index (χ3v) is 4.03. The summed E-state index contributed by atoms with van der Waals surface area (Å²) in [5.41, 5.74) is 0.984. The van der Waals surface area contributed by atoms with Gasteiger partial charge in [-0.05, 0) is 32.6 Å². The number of ether oxygens (including phenoxy) is 1. The monoisotopic (exact) mass is 322 g/mol. The SMILES string of the molecule is CCNC(=NCc1cc(C(C)C)no1)N1CCC(OCC)CC1. The van der Waals surface area contributed by atoms with E-state index in [4.69, 9.17) is 14.3 Å². The van der Waals surface area contributed by atoms with E-state index in [1.807, 2.05) is 6.07 Å². The molecule has 1 saturated heterocycles. The van der Waals surface area contributed by atoms with Crippen molar-refractivity contribution in [2.75, 3.05) is 26.2 Å². The van der Waals surface area contributed by atoms with Gasteiger partial charge in [0.1, 0.15) is 6.54 Å². The summed E-state index contributed by atoms with van der Waals surface area (Å²) in [6.45, 7) is 12.5. The molecule has 6 heteroatoms. The molecule has 130 valence electrons. The largest absolute Gasteiger partial charge is 0.378 e. The number of rotatable bonds is 6. The van der Waals surface area contributed by atoms with Crippen LogP contribution in [0.2, 0.25) is 0 Å². The molecule has 0 bridgehead atoms. The molecule has 0 aliphatic carbocycles. The Kier molecular flexibility index (Phi) is 6.89. The van der Waals surface area contributed by atoms with Crippen molar-refractivity contribution in [1.82, 2.24) is 15.4 Å². The summed E-state index contributed by atoms with van der Waals surface area (Å²) in [5, 5.41) is 7.46. The van der Waals surface area contributed by atoms with Crippen LogP contribution in [0.4, 0.5) is 0 Å². The van der Waals surface area contributed by atoms with Gasteiger partial charge in [-0.3, -0.25) is 0 Å². The molecule has 0 spiro atoms. The highest BCUT2D eigenvalue weighted by molar-refractivity contribution is 5.80. The van der Waals surface area contributed by atoms with Crippen LogP contribution in [0.25, 0.3) is 0 Å². The second kappa shape index (κ2) is 8.91. The van der Waals surface area contributed by atoms with Gasteiger partial charge in [-0.15, -0.1) is 0 Å². The van der Waals surface area contributed by atoms with Gasteiger partial charge in [-0.2, -0.15) is 0 Å². The Balaban J connectivity index is 1.94. The molecule has 0 aromatic carbocycles. The lowest BCUT2D eigenvalue weighted by atomic mass is 10.1. The Morgan fingerprint density at radius 1 is 1.43 bits per heavy atom. The van der Waals surface area contributed by atoms with Gasteiger partial charge >= 0.3 is 0 Å². The van der Waals surface area contributed by atoms with E-state index >= 15 is 0 Å². The third-order valence-electron chi connectivity index (χ3n) is 4.03. The van der Waals surface area contributed by atoms with E-state index < -0.39 is 0 Å². The van der Waals surface area contributed by atoms with Crippen molar-refractivity contribution < 1.29 is 9.26 Å². The number of aromatic nitrogens is 1. The van der Waals surface area contributed by atoms with Crippen molar-refractivity contribution in [2.45, 2.75) is 59.1 Å². The van der Waals surface area contributed by atoms with Crippen LogP contribution in [-0.2, 0) is 11.3 Å². The number of hydrogen-bond acceptors (Lipinski definition) is 4. The molecular weight excluding hydrogens is 292 g/mol. The number of likely N-dealkylation sites (tertiary alicyclic amines) is 1. The molecule has 6 nitrogen and oxygen atoms in total. The second-order valence-corrected chi connectivity index (χ2v) is 6.18. The standard InChI is InChI=1S/C17H30N4O2/c1-5-18-17(21-9-7-14(8-10-21)22-6-2)19-12-15-11-16(13(3)4)20-23-15/h11,13-14H,5-10,12H2,1-4H3,(H,18,19). The zero-order valence-corrected chi connectivity index (χ0v) is 14.8. The van der Waals surface area contributed by atoms with Crippen LogP contribution in [0.3, 0.4) is 0 Å². The Morgan fingerprint density at radius 2 is 2.17 bits per heavy atom. The average Bonchev–Trinajstić information content (AvgIpc) is 3.02. The van der Waals surface area contributed by atoms with Crippen LogP contribution >= 0.6 is 0 Å². The van der Waals surface area contributed by atoms with E-state index in [2.05, 4.69) is 43.1 Å². The zero-order valence-electron chi connectivity index (χ0n) is 14.8. The van der Waals surface area contributed by atoms with Gasteiger partial charge in [0, 0.05) is 32.3 Å². The van der Waals surface area contributed by atoms with Crippen LogP contribution in [0, 0.1) is 0 Å². The van der Waals surface area contributed by atoms with Crippen molar-refractivity contribution in [3.05, 3.63) is 17.5 Å². The van der Waals surface area contributed by atoms with Crippen LogP contribution in [0.5, 0.6) is 0 Å². The Labute approximate surface area is 139 Å². The van der Waals surface area contributed by atoms with E-state index in [0.29, 0.717) is 18.6 Å². The lowest BCUT2D eigenvalue weighted by Gasteiger charge is -2.34. The summed E-state index contributed by atoms with van der Waals surface area (Å²) in [7, 11) is 0. The average molecular weight is 322 g/mol. The first-order chi connectivity index (χ1) is 11.1. The van der Waals surface area contributed by atoms with Crippen LogP contribution in [0.1, 0.15) is 57.9 Å². The molecule has 1 aliphatic rings. The van der Waals surface area contributed by atoms with Crippen LogP contribution < -0.4 is 5.32 Å². The Hall–Kier alpha value is -1.56. The molecule has 1 N–H and O–H groups in total. The first kappa shape index (κ1) is 17.8. The maximum atomic E-state index is 5.72. The maximum Gasteiger partial charge on any atom is 0.194 e. The molecule has 0 atom stereocenters. The van der Waals surface area contributed by atoms with Gasteiger partial charge in [0.15, 0.2) is 11.7 Å². The van der Waals surface area contributed by atoms with Crippen molar-refractivity contribution in [3.63, 3.8) is 0 Å². The zero-order chi connectivity index (χ0) is 16.7. The molecule has 2 heterocycles. The Bertz CT molecular complexity index is 491. The third kappa shape index (κ3) is 5.23. The lowest BCUT2D eigenvalue weighted by Crippen LogP contribution is -2.47. The highest BCUT2D eigenvalue weighted by Gasteiger charge is 2.21. The molecule has 0 saturated carbocycles. The van der Waals surface area contributed by atoms with Gasteiger partial charge in [0.25, 0.3) is 0 Å². The molecule has 0 radical (unpaired) electrons. The highest BCUT2D eigenvalue weighted by Crippen LogP contribution is 2.16. The van der Waals surface area contributed by atoms with E-state index in [0.717, 1.165) is 56.5 Å². The van der Waals surface area contributed by atoms with Crippen molar-refractivity contribution in [2.24, 2.45) is 4.99 Å². The van der Waals surface area contributed by atoms with Gasteiger partial charge in [0.05, 0.1) is 11.8 Å². The topological polar surface area (TPSA) is 62.9 Å². The fourth-order valence-corrected chi connectivity index (χ4v) is 2.72. The van der Waals surface area contributed by atoms with E-state index in [1.54, 1.807) is 0 Å². The summed E-state index contributed by atoms with van der Waals surface area (Å²) in [6.07, 6.45) is 2.50. The van der Waals surface area contributed by atoms with Crippen molar-refractivity contribution in [1.29, 1.82) is 0 Å². The molecule has 1 fully saturated rings. The quantitative estimate of drug-likeness (QED) is 0.644. The minimum absolute atomic E-state index is 0.377. The molecular formula is C17H30N4O2. The first-order valence-corrected chi connectivity index (χ1v) is 8.74. The fourth-order valence-electron chi connectivity index (χ4n) is 2.72. The lowest BCUT2D eigenvalue weighted by molar-refractivity contribution is 0.0263. The number of nitrogens with one attached hydrogen (secondary N) is 1. The number of aliphatic imine (C=N–C) groups is 1. The number of nitrogens with zero attached hydrogens (tertiary/aromatic N) is 3. The van der Waals surface area contributed by atoms with Crippen LogP contribution in [-0.4, -0.2) is 48.4 Å². The first-order valence-electron chi connectivity index (χ1n) is 8.74. The maximum absolute atomic E-state index is 5.72. The minimum atomic E-state index is 0.377. The van der Waals surface area contributed by atoms with Gasteiger partial charge in [0.2, 0.25) is 0 Å². The summed E-state index contributed by atoms with van der Waals surface area (Å²) >= 11 is 0. The number of guanidine groups is 1. The van der Waals surface area contributed by atoms with Crippen LogP contribution in [0.15, 0.2) is 15.6 Å².